The van der Waals surface area contributed by atoms with Crippen molar-refractivity contribution < 1.29 is 24.2 Å². The number of carbonyl (C=O) groups is 1. The van der Waals surface area contributed by atoms with Gasteiger partial charge in [0.1, 0.15) is 25.1 Å². The third-order valence-electron chi connectivity index (χ3n) is 5.26. The molecule has 3 rings (SSSR count). The Balaban J connectivity index is 1.78. The number of ether oxygens (including phenoxy) is 1. The molecule has 2 heterocycles. The van der Waals surface area contributed by atoms with Crippen LogP contribution in [0.25, 0.3) is 22.9 Å². The lowest BCUT2D eigenvalue weighted by molar-refractivity contribution is -0.124. The third-order valence-corrected chi connectivity index (χ3v) is 5.26. The Kier molecular flexibility index (Phi) is 8.72. The Morgan fingerprint density at radius 2 is 1.82 bits per heavy atom. The predicted octanol–water partition coefficient (Wildman–Crippen LogP) is 2.78. The number of pyridine rings is 1. The third kappa shape index (κ3) is 6.39. The van der Waals surface area contributed by atoms with E-state index < -0.39 is 18.6 Å². The van der Waals surface area contributed by atoms with E-state index in [9.17, 15) is 9.90 Å². The Bertz CT molecular complexity index is 1130. The molecule has 0 radical (unpaired) electrons. The van der Waals surface area contributed by atoms with Gasteiger partial charge < -0.3 is 24.7 Å². The number of hydrogen-bond donors (Lipinski definition) is 3. The molecular formula is C25H32N4O5. The number of carbonyl (C=O) groups excluding carboxylic acids is 1. The maximum atomic E-state index is 11.1. The van der Waals surface area contributed by atoms with Gasteiger partial charge in [-0.3, -0.25) is 9.78 Å². The Morgan fingerprint density at radius 3 is 2.47 bits per heavy atom. The van der Waals surface area contributed by atoms with Crippen LogP contribution in [0.15, 0.2) is 28.7 Å². The largest absolute Gasteiger partial charge is 0.490 e. The molecule has 1 aromatic carbocycles. The molecule has 0 saturated carbocycles. The summed E-state index contributed by atoms with van der Waals surface area (Å²) in [7, 11) is 0. The zero-order chi connectivity index (χ0) is 24.7. The molecule has 9 heteroatoms. The van der Waals surface area contributed by atoms with Crippen LogP contribution in [0.4, 0.5) is 0 Å². The Hall–Kier alpha value is -3.30. The van der Waals surface area contributed by atoms with Crippen LogP contribution in [-0.2, 0) is 17.6 Å². The number of nitrogens with zero attached hydrogens (tertiary/aromatic N) is 3. The van der Waals surface area contributed by atoms with Crippen LogP contribution in [-0.4, -0.2) is 57.2 Å². The van der Waals surface area contributed by atoms with Crippen molar-refractivity contribution in [2.24, 2.45) is 0 Å². The SMILES string of the molecule is CCCc1cc(-c2nnc(-c3cc(C)c(OC[C@H](O)CNC(=O)CO)c(CC)c3)o2)cc(C)n1. The first-order valence-electron chi connectivity index (χ1n) is 11.5. The second-order valence-corrected chi connectivity index (χ2v) is 8.21. The van der Waals surface area contributed by atoms with E-state index in [4.69, 9.17) is 14.3 Å². The highest BCUT2D eigenvalue weighted by molar-refractivity contribution is 5.76. The summed E-state index contributed by atoms with van der Waals surface area (Å²) in [5.74, 6) is 0.989. The summed E-state index contributed by atoms with van der Waals surface area (Å²) >= 11 is 0. The van der Waals surface area contributed by atoms with Gasteiger partial charge in [-0.2, -0.15) is 0 Å². The molecule has 0 aliphatic rings. The topological polar surface area (TPSA) is 131 Å². The summed E-state index contributed by atoms with van der Waals surface area (Å²) in [6.07, 6.45) is 1.69. The first-order valence-corrected chi connectivity index (χ1v) is 11.5. The molecule has 0 fully saturated rings. The average Bonchev–Trinajstić information content (AvgIpc) is 3.31. The van der Waals surface area contributed by atoms with Crippen LogP contribution in [0.1, 0.15) is 42.8 Å². The maximum Gasteiger partial charge on any atom is 0.248 e. The Labute approximate surface area is 199 Å². The Morgan fingerprint density at radius 1 is 1.12 bits per heavy atom. The maximum absolute atomic E-state index is 11.1. The molecule has 1 amide bonds. The van der Waals surface area contributed by atoms with Crippen LogP contribution in [0.3, 0.4) is 0 Å². The van der Waals surface area contributed by atoms with E-state index in [1.165, 1.54) is 0 Å². The molecule has 0 aliphatic carbocycles. The standard InChI is InChI=1S/C25H32N4O5/c1-5-7-20-11-19(9-16(4)27-20)25-29-28-24(34-25)18-8-15(3)23(17(6-2)10-18)33-14-21(31)12-26-22(32)13-30/h8-11,21,30-31H,5-7,12-14H2,1-4H3,(H,26,32)/t21-/m1/s1. The van der Waals surface area contributed by atoms with E-state index in [1.54, 1.807) is 0 Å². The summed E-state index contributed by atoms with van der Waals surface area (Å²) in [4.78, 5) is 15.7. The molecule has 9 nitrogen and oxygen atoms in total. The summed E-state index contributed by atoms with van der Waals surface area (Å²) < 4.78 is 11.9. The molecule has 0 saturated heterocycles. The first-order chi connectivity index (χ1) is 16.3. The van der Waals surface area contributed by atoms with Crippen molar-refractivity contribution in [1.29, 1.82) is 0 Å². The number of aryl methyl sites for hydroxylation is 4. The van der Waals surface area contributed by atoms with Crippen LogP contribution in [0, 0.1) is 13.8 Å². The lowest BCUT2D eigenvalue weighted by atomic mass is 10.0. The highest BCUT2D eigenvalue weighted by atomic mass is 16.5. The monoisotopic (exact) mass is 468 g/mol. The zero-order valence-electron chi connectivity index (χ0n) is 20.1. The minimum Gasteiger partial charge on any atom is -0.490 e. The fourth-order valence-corrected chi connectivity index (χ4v) is 3.67. The zero-order valence-corrected chi connectivity index (χ0v) is 20.1. The predicted molar refractivity (Wildman–Crippen MR) is 127 cm³/mol. The molecule has 3 N–H and O–H groups in total. The van der Waals surface area contributed by atoms with Crippen LogP contribution < -0.4 is 10.1 Å². The molecular weight excluding hydrogens is 436 g/mol. The molecule has 0 unspecified atom stereocenters. The van der Waals surface area contributed by atoms with Gasteiger partial charge in [0.25, 0.3) is 0 Å². The minimum absolute atomic E-state index is 0.00278. The van der Waals surface area contributed by atoms with Gasteiger partial charge in [0.15, 0.2) is 0 Å². The van der Waals surface area contributed by atoms with Crippen molar-refractivity contribution in [3.8, 4) is 28.7 Å². The quantitative estimate of drug-likeness (QED) is 0.392. The van der Waals surface area contributed by atoms with E-state index in [1.807, 2.05) is 45.0 Å². The molecule has 3 aromatic rings. The second kappa shape index (κ2) is 11.7. The van der Waals surface area contributed by atoms with Crippen molar-refractivity contribution in [1.82, 2.24) is 20.5 Å². The fraction of sp³-hybridized carbons (Fsp3) is 0.440. The van der Waals surface area contributed by atoms with E-state index in [2.05, 4.69) is 27.4 Å². The van der Waals surface area contributed by atoms with Gasteiger partial charge in [-0.25, -0.2) is 0 Å². The van der Waals surface area contributed by atoms with E-state index in [0.717, 1.165) is 46.5 Å². The molecule has 1 atom stereocenters. The van der Waals surface area contributed by atoms with E-state index >= 15 is 0 Å². The van der Waals surface area contributed by atoms with Gasteiger partial charge in [-0.05, 0) is 62.1 Å². The number of aromatic nitrogens is 3. The highest BCUT2D eigenvalue weighted by Gasteiger charge is 2.17. The number of amides is 1. The van der Waals surface area contributed by atoms with Crippen molar-refractivity contribution in [2.45, 2.75) is 53.1 Å². The van der Waals surface area contributed by atoms with Crippen LogP contribution in [0.2, 0.25) is 0 Å². The molecule has 0 bridgehead atoms. The van der Waals surface area contributed by atoms with Gasteiger partial charge in [-0.1, -0.05) is 20.3 Å². The highest BCUT2D eigenvalue weighted by Crippen LogP contribution is 2.32. The number of hydrogen-bond acceptors (Lipinski definition) is 8. The smallest absolute Gasteiger partial charge is 0.248 e. The van der Waals surface area contributed by atoms with Gasteiger partial charge in [0, 0.05) is 29.1 Å². The van der Waals surface area contributed by atoms with Gasteiger partial charge >= 0.3 is 0 Å². The number of aliphatic hydroxyl groups is 2. The number of rotatable bonds is 11. The van der Waals surface area contributed by atoms with Gasteiger partial charge in [0.05, 0.1) is 0 Å². The number of aliphatic hydroxyl groups excluding tert-OH is 2. The van der Waals surface area contributed by atoms with Crippen molar-refractivity contribution in [3.05, 3.63) is 46.8 Å². The number of benzene rings is 1. The molecule has 182 valence electrons. The second-order valence-electron chi connectivity index (χ2n) is 8.21. The molecule has 34 heavy (non-hydrogen) atoms. The first kappa shape index (κ1) is 25.3. The molecule has 0 spiro atoms. The van der Waals surface area contributed by atoms with Gasteiger partial charge in [0.2, 0.25) is 17.7 Å². The number of nitrogens with one attached hydrogen (secondary N) is 1. The molecule has 0 aliphatic heterocycles. The normalized spacial score (nSPS) is 11.9. The van der Waals surface area contributed by atoms with E-state index in [-0.39, 0.29) is 13.2 Å². The van der Waals surface area contributed by atoms with Crippen LogP contribution in [0.5, 0.6) is 5.75 Å². The summed E-state index contributed by atoms with van der Waals surface area (Å²) in [6, 6.07) is 7.78. The lowest BCUT2D eigenvalue weighted by Crippen LogP contribution is -2.36. The fourth-order valence-electron chi connectivity index (χ4n) is 3.67. The summed E-state index contributed by atoms with van der Waals surface area (Å²) in [5.41, 5.74) is 5.35. The molecule has 2 aromatic heterocycles. The minimum atomic E-state index is -0.904. The van der Waals surface area contributed by atoms with Crippen molar-refractivity contribution >= 4 is 5.91 Å². The van der Waals surface area contributed by atoms with Crippen molar-refractivity contribution in [2.75, 3.05) is 19.8 Å². The van der Waals surface area contributed by atoms with Crippen molar-refractivity contribution in [3.63, 3.8) is 0 Å². The summed E-state index contributed by atoms with van der Waals surface area (Å²) in [6.45, 7) is 7.38. The lowest BCUT2D eigenvalue weighted by Gasteiger charge is -2.17. The van der Waals surface area contributed by atoms with E-state index in [0.29, 0.717) is 24.0 Å². The summed E-state index contributed by atoms with van der Waals surface area (Å²) in [5, 5.41) is 29.7. The van der Waals surface area contributed by atoms with Crippen LogP contribution >= 0.6 is 0 Å². The average molecular weight is 469 g/mol. The van der Waals surface area contributed by atoms with Gasteiger partial charge in [-0.15, -0.1) is 10.2 Å².